The summed E-state index contributed by atoms with van der Waals surface area (Å²) in [5.41, 5.74) is 0.579. The van der Waals surface area contributed by atoms with Crippen molar-refractivity contribution in [3.8, 4) is 0 Å². The molecule has 0 fully saturated rings. The first-order valence-corrected chi connectivity index (χ1v) is 8.88. The van der Waals surface area contributed by atoms with Gasteiger partial charge in [0.25, 0.3) is 0 Å². The van der Waals surface area contributed by atoms with Gasteiger partial charge in [-0.3, -0.25) is 0 Å². The molecule has 0 N–H and O–H groups in total. The van der Waals surface area contributed by atoms with Crippen molar-refractivity contribution in [2.45, 2.75) is 18.2 Å². The molecule has 2 rings (SSSR count). The second-order valence-corrected chi connectivity index (χ2v) is 7.67. The fourth-order valence-corrected chi connectivity index (χ4v) is 4.43. The first kappa shape index (κ1) is 16.7. The third-order valence-corrected chi connectivity index (χ3v) is 6.35. The Hall–Kier alpha value is -1.64. The summed E-state index contributed by atoms with van der Waals surface area (Å²) in [4.78, 5) is 15.8. The van der Waals surface area contributed by atoms with Crippen molar-refractivity contribution in [2.24, 2.45) is 0 Å². The molecule has 0 saturated heterocycles. The number of carbonyl (C=O) groups excluding carboxylic acids is 1. The van der Waals surface area contributed by atoms with E-state index in [0.29, 0.717) is 9.52 Å². The van der Waals surface area contributed by atoms with Gasteiger partial charge in [0.05, 0.1) is 18.0 Å². The minimum atomic E-state index is -4.04. The molecular weight excluding hydrogens is 348 g/mol. The fourth-order valence-electron chi connectivity index (χ4n) is 1.62. The molecule has 0 aliphatic rings. The van der Waals surface area contributed by atoms with Gasteiger partial charge < -0.3 is 4.74 Å². The number of para-hydroxylation sites is 1. The van der Waals surface area contributed by atoms with Crippen LogP contribution in [0.3, 0.4) is 0 Å². The molecule has 1 heterocycles. The van der Waals surface area contributed by atoms with Gasteiger partial charge >= 0.3 is 16.0 Å². The minimum Gasteiger partial charge on any atom is -0.462 e. The fraction of sp³-hybridized carbons (Fsp3) is 0.231. The van der Waals surface area contributed by atoms with Crippen molar-refractivity contribution in [1.82, 2.24) is 4.98 Å². The lowest BCUT2D eigenvalue weighted by Crippen LogP contribution is -2.21. The zero-order valence-corrected chi connectivity index (χ0v) is 14.2. The van der Waals surface area contributed by atoms with Gasteiger partial charge in [-0.15, -0.1) is 0 Å². The van der Waals surface area contributed by atoms with Crippen molar-refractivity contribution in [3.63, 3.8) is 0 Å². The number of aryl methyl sites for hydroxylation is 1. The Morgan fingerprint density at radius 3 is 2.59 bits per heavy atom. The first-order valence-electron chi connectivity index (χ1n) is 6.28. The van der Waals surface area contributed by atoms with Crippen molar-refractivity contribution in [3.05, 3.63) is 40.9 Å². The smallest absolute Gasteiger partial charge is 0.350 e. The lowest BCUT2D eigenvalue weighted by Gasteiger charge is -2.13. The van der Waals surface area contributed by atoms with Crippen LogP contribution in [0.1, 0.15) is 22.3 Å². The van der Waals surface area contributed by atoms with Crippen molar-refractivity contribution in [2.75, 3.05) is 10.4 Å². The predicted molar refractivity (Wildman–Crippen MR) is 84.8 cm³/mol. The standard InChI is InChI=1S/C13H13ClN2O4S2/c1-3-20-12(17)11-9(2)15-13(21-11)22(18,19)16(14)10-7-5-4-6-8-10/h4-8H,3H2,1-2H3. The van der Waals surface area contributed by atoms with Crippen LogP contribution in [0.2, 0.25) is 0 Å². The van der Waals surface area contributed by atoms with Crippen molar-refractivity contribution >= 4 is 44.8 Å². The lowest BCUT2D eigenvalue weighted by molar-refractivity contribution is 0.0531. The van der Waals surface area contributed by atoms with Crippen LogP contribution >= 0.6 is 23.1 Å². The summed E-state index contributed by atoms with van der Waals surface area (Å²) in [5, 5.41) is 0. The number of hydrogen-bond donors (Lipinski definition) is 0. The summed E-state index contributed by atoms with van der Waals surface area (Å²) in [7, 11) is -4.04. The number of aromatic nitrogens is 1. The third kappa shape index (κ3) is 3.23. The number of rotatable bonds is 5. The van der Waals surface area contributed by atoms with Crippen LogP contribution in [0, 0.1) is 6.92 Å². The molecule has 0 bridgehead atoms. The molecule has 9 heteroatoms. The van der Waals surface area contributed by atoms with Gasteiger partial charge in [-0.25, -0.2) is 9.78 Å². The molecular formula is C13H13ClN2O4S2. The molecule has 1 aromatic heterocycles. The van der Waals surface area contributed by atoms with Gasteiger partial charge in [0.15, 0.2) is 0 Å². The van der Waals surface area contributed by atoms with E-state index in [0.717, 1.165) is 11.3 Å². The third-order valence-electron chi connectivity index (χ3n) is 2.63. The topological polar surface area (TPSA) is 76.6 Å². The summed E-state index contributed by atoms with van der Waals surface area (Å²) in [6.07, 6.45) is 0. The number of thiazole rings is 1. The Bertz CT molecular complexity index is 775. The van der Waals surface area contributed by atoms with Gasteiger partial charge in [0, 0.05) is 11.8 Å². The largest absolute Gasteiger partial charge is 0.462 e. The van der Waals surface area contributed by atoms with Crippen LogP contribution < -0.4 is 3.82 Å². The van der Waals surface area contributed by atoms with Crippen LogP contribution in [0.15, 0.2) is 34.7 Å². The van der Waals surface area contributed by atoms with Gasteiger partial charge in [-0.05, 0) is 26.0 Å². The van der Waals surface area contributed by atoms with Crippen LogP contribution in [0.4, 0.5) is 5.69 Å². The minimum absolute atomic E-state index is 0.151. The Labute approximate surface area is 137 Å². The van der Waals surface area contributed by atoms with E-state index < -0.39 is 16.0 Å². The van der Waals surface area contributed by atoms with Crippen LogP contribution in [-0.4, -0.2) is 26.0 Å². The summed E-state index contributed by atoms with van der Waals surface area (Å²) < 4.78 is 30.2. The summed E-state index contributed by atoms with van der Waals surface area (Å²) >= 11 is 6.67. The molecule has 2 aromatic rings. The van der Waals surface area contributed by atoms with Gasteiger partial charge in [-0.1, -0.05) is 29.5 Å². The summed E-state index contributed by atoms with van der Waals surface area (Å²) in [5.74, 6) is -0.597. The molecule has 0 radical (unpaired) electrons. The maximum absolute atomic E-state index is 12.5. The molecule has 0 aliphatic heterocycles. The second-order valence-electron chi connectivity index (χ2n) is 4.17. The Morgan fingerprint density at radius 2 is 2.00 bits per heavy atom. The number of hydrogen-bond acceptors (Lipinski definition) is 6. The van der Waals surface area contributed by atoms with Crippen LogP contribution in [-0.2, 0) is 14.8 Å². The highest BCUT2D eigenvalue weighted by Crippen LogP contribution is 2.30. The average molecular weight is 361 g/mol. The maximum atomic E-state index is 12.5. The van der Waals surface area contributed by atoms with Crippen molar-refractivity contribution in [1.29, 1.82) is 0 Å². The second kappa shape index (κ2) is 6.64. The summed E-state index contributed by atoms with van der Waals surface area (Å²) in [6.45, 7) is 3.41. The molecule has 1 aromatic carbocycles. The maximum Gasteiger partial charge on any atom is 0.350 e. The molecule has 22 heavy (non-hydrogen) atoms. The Balaban J connectivity index is 2.38. The number of benzene rings is 1. The van der Waals surface area contributed by atoms with E-state index in [4.69, 9.17) is 16.5 Å². The van der Waals surface area contributed by atoms with Gasteiger partial charge in [-0.2, -0.15) is 12.2 Å². The number of nitrogens with zero attached hydrogens (tertiary/aromatic N) is 2. The highest BCUT2D eigenvalue weighted by atomic mass is 35.5. The number of sulfonamides is 1. The van der Waals surface area contributed by atoms with Crippen molar-refractivity contribution < 1.29 is 17.9 Å². The molecule has 6 nitrogen and oxygen atoms in total. The normalized spacial score (nSPS) is 11.2. The van der Waals surface area contributed by atoms with Crippen LogP contribution in [0.25, 0.3) is 0 Å². The van der Waals surface area contributed by atoms with E-state index in [1.54, 1.807) is 44.2 Å². The number of anilines is 1. The zero-order valence-electron chi connectivity index (χ0n) is 11.8. The average Bonchev–Trinajstić information content (AvgIpc) is 2.90. The van der Waals surface area contributed by atoms with E-state index in [1.165, 1.54) is 0 Å². The molecule has 0 atom stereocenters. The zero-order chi connectivity index (χ0) is 16.3. The highest BCUT2D eigenvalue weighted by Gasteiger charge is 2.30. The number of carbonyl (C=O) groups is 1. The van der Waals surface area contributed by atoms with E-state index >= 15 is 0 Å². The highest BCUT2D eigenvalue weighted by molar-refractivity contribution is 7.95. The lowest BCUT2D eigenvalue weighted by atomic mass is 10.3. The number of ether oxygens (including phenoxy) is 1. The number of esters is 1. The Morgan fingerprint density at radius 1 is 1.36 bits per heavy atom. The first-order chi connectivity index (χ1) is 10.4. The quantitative estimate of drug-likeness (QED) is 0.605. The molecule has 0 amide bonds. The molecule has 0 unspecified atom stereocenters. The van der Waals surface area contributed by atoms with E-state index in [2.05, 4.69) is 4.98 Å². The predicted octanol–water partition coefficient (Wildman–Crippen LogP) is 2.98. The van der Waals surface area contributed by atoms with E-state index in [1.807, 2.05) is 0 Å². The SMILES string of the molecule is CCOC(=O)c1sc(S(=O)(=O)N(Cl)c2ccccc2)nc1C. The van der Waals surface area contributed by atoms with Gasteiger partial charge in [0.1, 0.15) is 4.88 Å². The van der Waals surface area contributed by atoms with Crippen LogP contribution in [0.5, 0.6) is 0 Å². The monoisotopic (exact) mass is 360 g/mol. The Kier molecular flexibility index (Phi) is 5.05. The molecule has 0 aliphatic carbocycles. The summed E-state index contributed by atoms with van der Waals surface area (Å²) in [6, 6.07) is 8.18. The molecule has 0 saturated carbocycles. The molecule has 0 spiro atoms. The number of halogens is 1. The molecule has 118 valence electrons. The van der Waals surface area contributed by atoms with E-state index in [-0.39, 0.29) is 21.5 Å². The van der Waals surface area contributed by atoms with E-state index in [9.17, 15) is 13.2 Å². The van der Waals surface area contributed by atoms with Gasteiger partial charge in [0.2, 0.25) is 4.34 Å².